The molecule has 2 saturated heterocycles. The molecule has 0 aliphatic carbocycles. The van der Waals surface area contributed by atoms with E-state index in [0.29, 0.717) is 23.7 Å². The number of halogens is 1. The summed E-state index contributed by atoms with van der Waals surface area (Å²) in [6.45, 7) is 3.66. The topological polar surface area (TPSA) is 51.4 Å². The first-order chi connectivity index (χ1) is 10.8. The first kappa shape index (κ1) is 13.8. The van der Waals surface area contributed by atoms with Gasteiger partial charge in [-0.25, -0.2) is 4.39 Å². The Morgan fingerprint density at radius 1 is 1.09 bits per heavy atom. The van der Waals surface area contributed by atoms with E-state index in [0.717, 1.165) is 44.7 Å². The van der Waals surface area contributed by atoms with Crippen LogP contribution in [0, 0.1) is 5.82 Å². The van der Waals surface area contributed by atoms with Crippen LogP contribution in [0.2, 0.25) is 0 Å². The molecule has 3 heterocycles. The van der Waals surface area contributed by atoms with Crippen molar-refractivity contribution in [3.63, 3.8) is 0 Å². The Hall–Kier alpha value is -1.79. The molecule has 116 valence electrons. The van der Waals surface area contributed by atoms with Crippen molar-refractivity contribution in [2.45, 2.75) is 24.8 Å². The van der Waals surface area contributed by atoms with Gasteiger partial charge >= 0.3 is 0 Å². The highest BCUT2D eigenvalue weighted by Gasteiger charge is 2.37. The monoisotopic (exact) mass is 303 g/mol. The van der Waals surface area contributed by atoms with E-state index >= 15 is 0 Å². The highest BCUT2D eigenvalue weighted by Crippen LogP contribution is 2.31. The van der Waals surface area contributed by atoms with Gasteiger partial charge in [0, 0.05) is 37.9 Å². The van der Waals surface area contributed by atoms with Crippen LogP contribution >= 0.6 is 0 Å². The molecule has 5 nitrogen and oxygen atoms in total. The molecule has 2 fully saturated rings. The van der Waals surface area contributed by atoms with Crippen LogP contribution in [0.5, 0.6) is 0 Å². The Labute approximate surface area is 128 Å². The second-order valence-corrected chi connectivity index (χ2v) is 5.96. The molecule has 0 bridgehead atoms. The molecule has 6 heteroatoms. The van der Waals surface area contributed by atoms with Gasteiger partial charge in [-0.2, -0.15) is 4.98 Å². The Morgan fingerprint density at radius 3 is 2.55 bits per heavy atom. The summed E-state index contributed by atoms with van der Waals surface area (Å²) in [6, 6.07) is 6.77. The van der Waals surface area contributed by atoms with Crippen molar-refractivity contribution in [3.8, 4) is 11.4 Å². The maximum absolute atomic E-state index is 12.9. The van der Waals surface area contributed by atoms with E-state index < -0.39 is 0 Å². The molecular formula is C16H18FN3O2. The van der Waals surface area contributed by atoms with Crippen molar-refractivity contribution in [2.75, 3.05) is 26.3 Å². The van der Waals surface area contributed by atoms with Crippen molar-refractivity contribution < 1.29 is 13.7 Å². The lowest BCUT2D eigenvalue weighted by Crippen LogP contribution is -2.52. The summed E-state index contributed by atoms with van der Waals surface area (Å²) in [5.74, 6) is 1.25. The fourth-order valence-corrected chi connectivity index (χ4v) is 3.13. The standard InChI is InChI=1S/C16H18FN3O2/c17-13-3-1-11(2-4-13)15-18-16(22-19-15)12-9-20(10-12)14-5-7-21-8-6-14/h1-4,12,14H,5-10H2. The Balaban J connectivity index is 1.39. The summed E-state index contributed by atoms with van der Waals surface area (Å²) in [5, 5.41) is 4.01. The number of hydrogen-bond acceptors (Lipinski definition) is 5. The van der Waals surface area contributed by atoms with Crippen molar-refractivity contribution in [2.24, 2.45) is 0 Å². The third kappa shape index (κ3) is 2.64. The van der Waals surface area contributed by atoms with Crippen LogP contribution in [0.15, 0.2) is 28.8 Å². The highest BCUT2D eigenvalue weighted by atomic mass is 19.1. The van der Waals surface area contributed by atoms with Gasteiger partial charge in [0.1, 0.15) is 5.82 Å². The van der Waals surface area contributed by atoms with Crippen LogP contribution in [0.3, 0.4) is 0 Å². The first-order valence-electron chi connectivity index (χ1n) is 7.71. The molecule has 0 amide bonds. The molecule has 2 aliphatic heterocycles. The average molecular weight is 303 g/mol. The lowest BCUT2D eigenvalue weighted by atomic mass is 9.94. The quantitative estimate of drug-likeness (QED) is 0.872. The predicted molar refractivity (Wildman–Crippen MR) is 77.8 cm³/mol. The smallest absolute Gasteiger partial charge is 0.232 e. The lowest BCUT2D eigenvalue weighted by molar-refractivity contribution is -0.00324. The minimum Gasteiger partial charge on any atom is -0.381 e. The minimum absolute atomic E-state index is 0.265. The minimum atomic E-state index is -0.265. The second-order valence-electron chi connectivity index (χ2n) is 5.96. The van der Waals surface area contributed by atoms with Gasteiger partial charge in [-0.15, -0.1) is 0 Å². The Bertz CT molecular complexity index is 631. The van der Waals surface area contributed by atoms with Crippen molar-refractivity contribution >= 4 is 0 Å². The van der Waals surface area contributed by atoms with Crippen molar-refractivity contribution in [3.05, 3.63) is 36.0 Å². The van der Waals surface area contributed by atoms with Gasteiger partial charge < -0.3 is 9.26 Å². The molecule has 4 rings (SSSR count). The summed E-state index contributed by atoms with van der Waals surface area (Å²) in [6.07, 6.45) is 2.22. The summed E-state index contributed by atoms with van der Waals surface area (Å²) in [7, 11) is 0. The SMILES string of the molecule is Fc1ccc(-c2noc(C3CN(C4CCOCC4)C3)n2)cc1. The molecular weight excluding hydrogens is 285 g/mol. The molecule has 0 N–H and O–H groups in total. The number of benzene rings is 1. The number of ether oxygens (including phenoxy) is 1. The van der Waals surface area contributed by atoms with Crippen LogP contribution in [0.25, 0.3) is 11.4 Å². The summed E-state index contributed by atoms with van der Waals surface area (Å²) in [4.78, 5) is 6.93. The number of hydrogen-bond donors (Lipinski definition) is 0. The van der Waals surface area contributed by atoms with Crippen LogP contribution in [0.1, 0.15) is 24.7 Å². The van der Waals surface area contributed by atoms with E-state index in [2.05, 4.69) is 15.0 Å². The molecule has 22 heavy (non-hydrogen) atoms. The molecule has 0 saturated carbocycles. The Morgan fingerprint density at radius 2 is 1.82 bits per heavy atom. The predicted octanol–water partition coefficient (Wildman–Crippen LogP) is 2.45. The van der Waals surface area contributed by atoms with Crippen molar-refractivity contribution in [1.82, 2.24) is 15.0 Å². The van der Waals surface area contributed by atoms with Crippen LogP contribution < -0.4 is 0 Å². The van der Waals surface area contributed by atoms with Gasteiger partial charge in [-0.1, -0.05) is 5.16 Å². The molecule has 0 spiro atoms. The van der Waals surface area contributed by atoms with Gasteiger partial charge in [0.25, 0.3) is 0 Å². The van der Waals surface area contributed by atoms with Crippen LogP contribution in [-0.2, 0) is 4.74 Å². The summed E-state index contributed by atoms with van der Waals surface area (Å²) < 4.78 is 23.7. The van der Waals surface area contributed by atoms with E-state index in [-0.39, 0.29) is 5.82 Å². The number of rotatable bonds is 3. The zero-order chi connectivity index (χ0) is 14.9. The molecule has 1 aromatic heterocycles. The normalized spacial score (nSPS) is 21.0. The van der Waals surface area contributed by atoms with E-state index in [9.17, 15) is 4.39 Å². The largest absolute Gasteiger partial charge is 0.381 e. The Kier molecular flexibility index (Phi) is 3.63. The number of nitrogens with zero attached hydrogens (tertiary/aromatic N) is 3. The van der Waals surface area contributed by atoms with Crippen molar-refractivity contribution in [1.29, 1.82) is 0 Å². The second kappa shape index (κ2) is 5.78. The van der Waals surface area contributed by atoms with Gasteiger partial charge in [-0.05, 0) is 37.1 Å². The molecule has 0 atom stereocenters. The average Bonchev–Trinajstić information content (AvgIpc) is 2.97. The highest BCUT2D eigenvalue weighted by molar-refractivity contribution is 5.53. The molecule has 1 aromatic carbocycles. The van der Waals surface area contributed by atoms with Crippen LogP contribution in [-0.4, -0.2) is 47.4 Å². The summed E-state index contributed by atoms with van der Waals surface area (Å²) >= 11 is 0. The molecule has 2 aliphatic rings. The lowest BCUT2D eigenvalue weighted by Gasteiger charge is -2.44. The van der Waals surface area contributed by atoms with E-state index in [1.807, 2.05) is 0 Å². The molecule has 0 radical (unpaired) electrons. The van der Waals surface area contributed by atoms with Gasteiger partial charge in [0.15, 0.2) is 0 Å². The third-order valence-corrected chi connectivity index (χ3v) is 4.51. The number of aromatic nitrogens is 2. The maximum Gasteiger partial charge on any atom is 0.232 e. The van der Waals surface area contributed by atoms with E-state index in [1.165, 1.54) is 12.1 Å². The van der Waals surface area contributed by atoms with Gasteiger partial charge in [0.05, 0.1) is 5.92 Å². The van der Waals surface area contributed by atoms with E-state index in [4.69, 9.17) is 9.26 Å². The summed E-state index contributed by atoms with van der Waals surface area (Å²) in [5.41, 5.74) is 0.775. The molecule has 0 unspecified atom stereocenters. The maximum atomic E-state index is 12.9. The van der Waals surface area contributed by atoms with E-state index in [1.54, 1.807) is 12.1 Å². The van der Waals surface area contributed by atoms with Crippen LogP contribution in [0.4, 0.5) is 4.39 Å². The fourth-order valence-electron chi connectivity index (χ4n) is 3.13. The third-order valence-electron chi connectivity index (χ3n) is 4.51. The van der Waals surface area contributed by atoms with Gasteiger partial charge in [-0.3, -0.25) is 4.90 Å². The number of likely N-dealkylation sites (tertiary alicyclic amines) is 1. The zero-order valence-electron chi connectivity index (χ0n) is 12.2. The fraction of sp³-hybridized carbons (Fsp3) is 0.500. The van der Waals surface area contributed by atoms with Gasteiger partial charge in [0.2, 0.25) is 11.7 Å². The zero-order valence-corrected chi connectivity index (χ0v) is 12.2. The molecule has 2 aromatic rings. The first-order valence-corrected chi connectivity index (χ1v) is 7.71.